The Bertz CT molecular complexity index is 1750. The van der Waals surface area contributed by atoms with Gasteiger partial charge in [0.15, 0.2) is 60.9 Å². The summed E-state index contributed by atoms with van der Waals surface area (Å²) in [5.41, 5.74) is 10.3. The molecule has 2 aliphatic rings. The summed E-state index contributed by atoms with van der Waals surface area (Å²) >= 11 is 0. The first kappa shape index (κ1) is 37.0. The number of benzene rings is 3. The van der Waals surface area contributed by atoms with Crippen LogP contribution in [0.5, 0.6) is 23.0 Å². The van der Waals surface area contributed by atoms with Gasteiger partial charge in [0.2, 0.25) is 0 Å². The minimum Gasteiger partial charge on any atom is -1.00 e. The minimum absolute atomic E-state index is 0. The fraction of sp³-hybridized carbons (Fsp3) is 0.300. The molecule has 0 N–H and O–H groups in total. The van der Waals surface area contributed by atoms with E-state index < -0.39 is 0 Å². The molecule has 3 aromatic carbocycles. The van der Waals surface area contributed by atoms with Gasteiger partial charge in [0.1, 0.15) is 0 Å². The molecule has 0 atom stereocenters. The van der Waals surface area contributed by atoms with E-state index in [2.05, 4.69) is 117 Å². The van der Waals surface area contributed by atoms with Crippen LogP contribution in [0.25, 0.3) is 0 Å². The van der Waals surface area contributed by atoms with Gasteiger partial charge < -0.3 is 62.7 Å². The van der Waals surface area contributed by atoms with E-state index >= 15 is 0 Å². The lowest BCUT2D eigenvalue weighted by Crippen LogP contribution is -3.00. The Balaban J connectivity index is 0.00000243. The Morgan fingerprint density at radius 3 is 1.12 bits per heavy atom. The Kier molecular flexibility index (Phi) is 12.3. The van der Waals surface area contributed by atoms with Gasteiger partial charge in [-0.15, -0.1) is 0 Å². The fourth-order valence-corrected chi connectivity index (χ4v) is 6.91. The summed E-state index contributed by atoms with van der Waals surface area (Å²) in [6.45, 7) is 5.35. The monoisotopic (exact) mass is 802 g/mol. The van der Waals surface area contributed by atoms with Crippen LogP contribution in [-0.4, -0.2) is 41.5 Å². The van der Waals surface area contributed by atoms with Crippen LogP contribution in [0.3, 0.4) is 0 Å². The zero-order valence-electron chi connectivity index (χ0n) is 29.1. The average molecular weight is 805 g/mol. The standard InChI is InChI=1S/C40H44N4O4.2BrH/c1-45-37-21-31-9-19-43(27-33(31)23-39(37)47-3)35-11-15-41(16-12-35)25-29-5-7-30(8-6-29)26-42-17-13-36(14-18-42)44-20-10-32-22-38(46-2)40(48-4)24-34(32)28-44;;/h5-8,11-18,21-24H,9-10,19-20,25-28H2,1-4H3;2*1H/q+2;;/p-2. The molecule has 50 heavy (non-hydrogen) atoms. The zero-order chi connectivity index (χ0) is 33.0. The number of rotatable bonds is 10. The molecule has 7 rings (SSSR count). The predicted octanol–water partition coefficient (Wildman–Crippen LogP) is -0.474. The number of nitrogens with zero attached hydrogens (tertiary/aromatic N) is 4. The average Bonchev–Trinajstić information content (AvgIpc) is 3.14. The molecule has 8 nitrogen and oxygen atoms in total. The van der Waals surface area contributed by atoms with Crippen LogP contribution in [0, 0.1) is 0 Å². The molecule has 2 aromatic heterocycles. The van der Waals surface area contributed by atoms with Crippen molar-refractivity contribution >= 4 is 11.4 Å². The Morgan fingerprint density at radius 1 is 0.480 bits per heavy atom. The lowest BCUT2D eigenvalue weighted by molar-refractivity contribution is -0.688. The first-order chi connectivity index (χ1) is 23.5. The summed E-state index contributed by atoms with van der Waals surface area (Å²) in [6.07, 6.45) is 10.7. The summed E-state index contributed by atoms with van der Waals surface area (Å²) in [5, 5.41) is 0. The highest BCUT2D eigenvalue weighted by Gasteiger charge is 2.22. The fourth-order valence-electron chi connectivity index (χ4n) is 6.91. The summed E-state index contributed by atoms with van der Waals surface area (Å²) in [6, 6.07) is 26.3. The van der Waals surface area contributed by atoms with Crippen molar-refractivity contribution in [3.05, 3.63) is 131 Å². The van der Waals surface area contributed by atoms with Gasteiger partial charge in [0, 0.05) is 72.9 Å². The van der Waals surface area contributed by atoms with Crippen molar-refractivity contribution in [3.63, 3.8) is 0 Å². The number of hydrogen-bond donors (Lipinski definition) is 0. The Labute approximate surface area is 316 Å². The van der Waals surface area contributed by atoms with E-state index in [0.717, 1.165) is 75.1 Å². The van der Waals surface area contributed by atoms with Crippen molar-refractivity contribution in [2.24, 2.45) is 0 Å². The van der Waals surface area contributed by atoms with Gasteiger partial charge in [-0.2, -0.15) is 0 Å². The van der Waals surface area contributed by atoms with Gasteiger partial charge in [-0.1, -0.05) is 24.3 Å². The molecule has 4 heterocycles. The lowest BCUT2D eigenvalue weighted by Gasteiger charge is -2.31. The molecular formula is C40H44Br2N4O4. The second-order valence-electron chi connectivity index (χ2n) is 12.6. The van der Waals surface area contributed by atoms with Gasteiger partial charge >= 0.3 is 0 Å². The van der Waals surface area contributed by atoms with Crippen molar-refractivity contribution in [2.45, 2.75) is 39.0 Å². The van der Waals surface area contributed by atoms with E-state index in [4.69, 9.17) is 18.9 Å². The number of hydrogen-bond acceptors (Lipinski definition) is 6. The number of ether oxygens (including phenoxy) is 4. The molecule has 0 spiro atoms. The molecule has 0 saturated heterocycles. The van der Waals surface area contributed by atoms with E-state index in [9.17, 15) is 0 Å². The number of methoxy groups -OCH3 is 4. The number of pyridine rings is 2. The molecule has 2 aliphatic heterocycles. The van der Waals surface area contributed by atoms with Crippen LogP contribution in [0.2, 0.25) is 0 Å². The molecule has 0 fully saturated rings. The highest BCUT2D eigenvalue weighted by atomic mass is 79.9. The smallest absolute Gasteiger partial charge is 0.173 e. The molecule has 0 radical (unpaired) electrons. The highest BCUT2D eigenvalue weighted by molar-refractivity contribution is 5.54. The minimum atomic E-state index is 0. The maximum absolute atomic E-state index is 5.54. The van der Waals surface area contributed by atoms with Crippen molar-refractivity contribution in [1.29, 1.82) is 0 Å². The molecule has 0 saturated carbocycles. The summed E-state index contributed by atoms with van der Waals surface area (Å²) < 4.78 is 26.6. The quantitative estimate of drug-likeness (QED) is 0.178. The summed E-state index contributed by atoms with van der Waals surface area (Å²) in [4.78, 5) is 4.86. The maximum Gasteiger partial charge on any atom is 0.173 e. The maximum atomic E-state index is 5.54. The van der Waals surface area contributed by atoms with Crippen LogP contribution >= 0.6 is 0 Å². The summed E-state index contributed by atoms with van der Waals surface area (Å²) in [5.74, 6) is 3.18. The van der Waals surface area contributed by atoms with E-state index in [0.29, 0.717) is 0 Å². The molecule has 0 aliphatic carbocycles. The van der Waals surface area contributed by atoms with Crippen molar-refractivity contribution < 1.29 is 62.0 Å². The van der Waals surface area contributed by atoms with Gasteiger partial charge in [-0.3, -0.25) is 0 Å². The second kappa shape index (κ2) is 16.6. The van der Waals surface area contributed by atoms with Gasteiger partial charge in [-0.05, 0) is 59.4 Å². The number of halogens is 2. The Morgan fingerprint density at radius 2 is 0.800 bits per heavy atom. The molecule has 0 amide bonds. The van der Waals surface area contributed by atoms with Crippen molar-refractivity contribution in [1.82, 2.24) is 0 Å². The largest absolute Gasteiger partial charge is 1.00 e. The van der Waals surface area contributed by atoms with E-state index in [1.54, 1.807) is 28.4 Å². The first-order valence-electron chi connectivity index (χ1n) is 16.6. The molecule has 10 heteroatoms. The molecule has 0 unspecified atom stereocenters. The van der Waals surface area contributed by atoms with Crippen LogP contribution in [-0.2, 0) is 39.0 Å². The topological polar surface area (TPSA) is 51.2 Å². The van der Waals surface area contributed by atoms with Crippen molar-refractivity contribution in [3.8, 4) is 23.0 Å². The first-order valence-corrected chi connectivity index (χ1v) is 16.6. The molecule has 262 valence electrons. The SMILES string of the molecule is COc1cc2c(cc1OC)CN(c1cc[n+](Cc3ccc(C[n+]4ccc(N5CCc6cc(OC)c(OC)cc6C5)cc4)cc3)cc1)CC2.[Br-].[Br-]. The van der Waals surface area contributed by atoms with Gasteiger partial charge in [0.25, 0.3) is 0 Å². The summed E-state index contributed by atoms with van der Waals surface area (Å²) in [7, 11) is 6.77. The third kappa shape index (κ3) is 8.02. The predicted molar refractivity (Wildman–Crippen MR) is 187 cm³/mol. The van der Waals surface area contributed by atoms with Crippen LogP contribution < -0.4 is 71.8 Å². The van der Waals surface area contributed by atoms with E-state index in [1.807, 2.05) is 0 Å². The highest BCUT2D eigenvalue weighted by Crippen LogP contribution is 2.35. The molecule has 0 bridgehead atoms. The number of anilines is 2. The zero-order valence-corrected chi connectivity index (χ0v) is 32.2. The van der Waals surface area contributed by atoms with E-state index in [1.165, 1.54) is 44.8 Å². The van der Waals surface area contributed by atoms with Crippen LogP contribution in [0.4, 0.5) is 11.4 Å². The second-order valence-corrected chi connectivity index (χ2v) is 12.6. The number of aromatic nitrogens is 2. The number of fused-ring (bicyclic) bond motifs is 2. The third-order valence-corrected chi connectivity index (χ3v) is 9.67. The van der Waals surface area contributed by atoms with Gasteiger partial charge in [0.05, 0.1) is 28.4 Å². The normalized spacial score (nSPS) is 13.3. The van der Waals surface area contributed by atoms with Crippen LogP contribution in [0.15, 0.2) is 97.6 Å². The van der Waals surface area contributed by atoms with E-state index in [-0.39, 0.29) is 34.0 Å². The lowest BCUT2D eigenvalue weighted by atomic mass is 9.98. The molecule has 5 aromatic rings. The van der Waals surface area contributed by atoms with Crippen LogP contribution in [0.1, 0.15) is 33.4 Å². The Hall–Kier alpha value is -4.28. The van der Waals surface area contributed by atoms with Gasteiger partial charge in [-0.25, -0.2) is 9.13 Å². The van der Waals surface area contributed by atoms with Crippen molar-refractivity contribution in [2.75, 3.05) is 51.3 Å². The third-order valence-electron chi connectivity index (χ3n) is 9.67. The molecular weight excluding hydrogens is 760 g/mol.